The van der Waals surface area contributed by atoms with Gasteiger partial charge in [-0.05, 0) is 42.8 Å². The monoisotopic (exact) mass is 325 g/mol. The molecule has 0 radical (unpaired) electrons. The van der Waals surface area contributed by atoms with Crippen LogP contribution in [-0.2, 0) is 10.0 Å². The molecule has 0 aromatic heterocycles. The number of hydrogen-bond donors (Lipinski definition) is 1. The van der Waals surface area contributed by atoms with Crippen molar-refractivity contribution in [3.63, 3.8) is 0 Å². The molecule has 5 nitrogen and oxygen atoms in total. The maximum atomic E-state index is 12.4. The van der Waals surface area contributed by atoms with Gasteiger partial charge in [-0.1, -0.05) is 18.2 Å². The van der Waals surface area contributed by atoms with Crippen molar-refractivity contribution < 1.29 is 18.3 Å². The van der Waals surface area contributed by atoms with E-state index in [0.717, 1.165) is 0 Å². The molecule has 0 aliphatic rings. The maximum absolute atomic E-state index is 12.4. The molecule has 0 unspecified atom stereocenters. The van der Waals surface area contributed by atoms with Gasteiger partial charge < -0.3 is 5.11 Å². The zero-order chi connectivity index (χ0) is 15.6. The average Bonchev–Trinajstić information content (AvgIpc) is 2.46. The number of hydrogen-bond acceptors (Lipinski definition) is 3. The van der Waals surface area contributed by atoms with Crippen LogP contribution in [0.25, 0.3) is 0 Å². The normalized spacial score (nSPS) is 11.1. The van der Waals surface area contributed by atoms with Gasteiger partial charge >= 0.3 is 5.97 Å². The van der Waals surface area contributed by atoms with Gasteiger partial charge in [-0.25, -0.2) is 4.79 Å². The zero-order valence-electron chi connectivity index (χ0n) is 11.0. The van der Waals surface area contributed by atoms with Crippen LogP contribution in [0.1, 0.15) is 15.9 Å². The largest absolute Gasteiger partial charge is 0.478 e. The molecule has 2 aromatic carbocycles. The quantitative estimate of drug-likeness (QED) is 0.877. The summed E-state index contributed by atoms with van der Waals surface area (Å²) in [6.07, 6.45) is 0. The standard InChI is InChI=1S/C14H12ClNO4S/c1-10-4-2-3-5-13(10)21(19,20)16(15)12-8-6-11(7-9-12)14(17)18/h2-9H,1H3,(H,17,18). The smallest absolute Gasteiger partial charge is 0.335 e. The summed E-state index contributed by atoms with van der Waals surface area (Å²) in [4.78, 5) is 10.9. The highest BCUT2D eigenvalue weighted by Gasteiger charge is 2.25. The van der Waals surface area contributed by atoms with Crippen molar-refractivity contribution in [3.8, 4) is 0 Å². The van der Waals surface area contributed by atoms with Crippen LogP contribution in [0.15, 0.2) is 53.4 Å². The topological polar surface area (TPSA) is 74.7 Å². The van der Waals surface area contributed by atoms with Gasteiger partial charge in [-0.2, -0.15) is 12.2 Å². The summed E-state index contributed by atoms with van der Waals surface area (Å²) >= 11 is 5.93. The van der Waals surface area contributed by atoms with E-state index >= 15 is 0 Å². The zero-order valence-corrected chi connectivity index (χ0v) is 12.6. The summed E-state index contributed by atoms with van der Waals surface area (Å²) in [6.45, 7) is 1.67. The molecule has 0 spiro atoms. The first-order valence-electron chi connectivity index (χ1n) is 5.94. The second-order valence-electron chi connectivity index (χ2n) is 4.34. The minimum absolute atomic E-state index is 0.0529. The third-order valence-electron chi connectivity index (χ3n) is 2.90. The van der Waals surface area contributed by atoms with E-state index in [1.54, 1.807) is 25.1 Å². The molecular weight excluding hydrogens is 314 g/mol. The van der Waals surface area contributed by atoms with Gasteiger partial charge in [0, 0.05) is 11.8 Å². The van der Waals surface area contributed by atoms with Crippen molar-refractivity contribution in [2.24, 2.45) is 0 Å². The number of aromatic carboxylic acids is 1. The fraction of sp³-hybridized carbons (Fsp3) is 0.0714. The summed E-state index contributed by atoms with van der Waals surface area (Å²) in [5.41, 5.74) is 0.798. The van der Waals surface area contributed by atoms with Crippen LogP contribution in [0, 0.1) is 6.92 Å². The molecule has 0 saturated carbocycles. The van der Waals surface area contributed by atoms with Crippen LogP contribution in [0.3, 0.4) is 0 Å². The molecule has 2 aromatic rings. The summed E-state index contributed by atoms with van der Waals surface area (Å²) < 4.78 is 25.5. The van der Waals surface area contributed by atoms with Crippen molar-refractivity contribution in [1.29, 1.82) is 0 Å². The summed E-state index contributed by atoms with van der Waals surface area (Å²) in [5, 5.41) is 8.82. The van der Waals surface area contributed by atoms with Crippen LogP contribution in [0.2, 0.25) is 0 Å². The summed E-state index contributed by atoms with van der Waals surface area (Å²) in [5.74, 6) is -1.09. The Morgan fingerprint density at radius 1 is 1.10 bits per heavy atom. The molecule has 0 bridgehead atoms. The van der Waals surface area contributed by atoms with E-state index in [0.29, 0.717) is 9.39 Å². The fourth-order valence-electron chi connectivity index (χ4n) is 1.79. The van der Waals surface area contributed by atoms with Crippen LogP contribution in [0.4, 0.5) is 5.69 Å². The molecule has 21 heavy (non-hydrogen) atoms. The van der Waals surface area contributed by atoms with E-state index in [1.807, 2.05) is 0 Å². The number of aryl methyl sites for hydroxylation is 1. The van der Waals surface area contributed by atoms with Crippen LogP contribution >= 0.6 is 11.8 Å². The highest BCUT2D eigenvalue weighted by Crippen LogP contribution is 2.27. The van der Waals surface area contributed by atoms with Crippen molar-refractivity contribution in [1.82, 2.24) is 0 Å². The lowest BCUT2D eigenvalue weighted by atomic mass is 10.2. The van der Waals surface area contributed by atoms with Crippen molar-refractivity contribution in [3.05, 3.63) is 59.7 Å². The molecular formula is C14H12ClNO4S. The van der Waals surface area contributed by atoms with E-state index in [4.69, 9.17) is 16.9 Å². The number of benzene rings is 2. The average molecular weight is 326 g/mol. The second kappa shape index (κ2) is 5.75. The minimum Gasteiger partial charge on any atom is -0.478 e. The Labute approximate surface area is 127 Å². The Kier molecular flexibility index (Phi) is 4.20. The van der Waals surface area contributed by atoms with Gasteiger partial charge in [0.1, 0.15) is 0 Å². The lowest BCUT2D eigenvalue weighted by molar-refractivity contribution is 0.0697. The molecule has 2 rings (SSSR count). The Balaban J connectivity index is 2.41. The highest BCUT2D eigenvalue weighted by molar-refractivity contribution is 7.94. The molecule has 1 N–H and O–H groups in total. The number of carboxylic acid groups (broad SMARTS) is 1. The molecule has 0 atom stereocenters. The lowest BCUT2D eigenvalue weighted by Crippen LogP contribution is -2.22. The van der Waals surface area contributed by atoms with Gasteiger partial charge in [-0.3, -0.25) is 0 Å². The van der Waals surface area contributed by atoms with Crippen molar-refractivity contribution >= 4 is 33.5 Å². The number of halogens is 1. The predicted molar refractivity (Wildman–Crippen MR) is 80.1 cm³/mol. The lowest BCUT2D eigenvalue weighted by Gasteiger charge is -2.17. The predicted octanol–water partition coefficient (Wildman–Crippen LogP) is 3.04. The van der Waals surface area contributed by atoms with E-state index in [9.17, 15) is 13.2 Å². The van der Waals surface area contributed by atoms with E-state index in [1.165, 1.54) is 30.3 Å². The number of nitrogens with zero attached hydrogens (tertiary/aromatic N) is 1. The summed E-state index contributed by atoms with van der Waals surface area (Å²) in [7, 11) is -3.90. The van der Waals surface area contributed by atoms with Gasteiger partial charge in [0.2, 0.25) is 0 Å². The minimum atomic E-state index is -3.90. The van der Waals surface area contributed by atoms with Gasteiger partial charge in [-0.15, -0.1) is 0 Å². The molecule has 0 aliphatic heterocycles. The Hall–Kier alpha value is -2.05. The fourth-order valence-corrected chi connectivity index (χ4v) is 3.43. The van der Waals surface area contributed by atoms with E-state index in [-0.39, 0.29) is 16.1 Å². The molecule has 0 amide bonds. The first kappa shape index (κ1) is 15.3. The Morgan fingerprint density at radius 3 is 2.19 bits per heavy atom. The number of rotatable bonds is 4. The molecule has 0 saturated heterocycles. The van der Waals surface area contributed by atoms with E-state index in [2.05, 4.69) is 0 Å². The third kappa shape index (κ3) is 3.01. The first-order chi connectivity index (χ1) is 9.84. The Bertz CT molecular complexity index is 772. The molecule has 7 heteroatoms. The second-order valence-corrected chi connectivity index (χ2v) is 6.63. The van der Waals surface area contributed by atoms with Gasteiger partial charge in [0.15, 0.2) is 0 Å². The van der Waals surface area contributed by atoms with Crippen molar-refractivity contribution in [2.45, 2.75) is 11.8 Å². The van der Waals surface area contributed by atoms with Crippen molar-refractivity contribution in [2.75, 3.05) is 3.82 Å². The SMILES string of the molecule is Cc1ccccc1S(=O)(=O)N(Cl)c1ccc(C(=O)O)cc1. The van der Waals surface area contributed by atoms with Gasteiger partial charge in [0.05, 0.1) is 16.1 Å². The summed E-state index contributed by atoms with van der Waals surface area (Å²) in [6, 6.07) is 11.7. The number of carboxylic acids is 1. The third-order valence-corrected chi connectivity index (χ3v) is 5.29. The molecule has 0 heterocycles. The number of anilines is 1. The maximum Gasteiger partial charge on any atom is 0.335 e. The Morgan fingerprint density at radius 2 is 1.67 bits per heavy atom. The molecule has 0 aliphatic carbocycles. The van der Waals surface area contributed by atoms with E-state index < -0.39 is 16.0 Å². The number of sulfonamides is 1. The number of carbonyl (C=O) groups is 1. The molecule has 0 fully saturated rings. The first-order valence-corrected chi connectivity index (χ1v) is 7.72. The van der Waals surface area contributed by atoms with Gasteiger partial charge in [0.25, 0.3) is 10.0 Å². The van der Waals surface area contributed by atoms with Crippen LogP contribution in [0.5, 0.6) is 0 Å². The molecule has 110 valence electrons. The highest BCUT2D eigenvalue weighted by atomic mass is 35.5. The van der Waals surface area contributed by atoms with Crippen LogP contribution in [-0.4, -0.2) is 19.5 Å². The van der Waals surface area contributed by atoms with Crippen LogP contribution < -0.4 is 3.82 Å².